The molecule has 0 saturated heterocycles. The van der Waals surface area contributed by atoms with Crippen molar-refractivity contribution in [1.82, 2.24) is 14.9 Å². The molecule has 5 nitrogen and oxygen atoms in total. The van der Waals surface area contributed by atoms with Crippen LogP contribution in [0.15, 0.2) is 30.9 Å². The van der Waals surface area contributed by atoms with Crippen molar-refractivity contribution in [3.63, 3.8) is 0 Å². The lowest BCUT2D eigenvalue weighted by Gasteiger charge is -2.16. The molecule has 20 heavy (non-hydrogen) atoms. The molecule has 1 aromatic heterocycles. The Labute approximate surface area is 123 Å². The second kappa shape index (κ2) is 7.17. The molecule has 1 heterocycles. The Morgan fingerprint density at radius 2 is 2.25 bits per heavy atom. The average molecular weight is 296 g/mol. The predicted molar refractivity (Wildman–Crippen MR) is 78.5 cm³/mol. The Kier molecular flexibility index (Phi) is 5.26. The topological polar surface area (TPSA) is 48.3 Å². The van der Waals surface area contributed by atoms with Gasteiger partial charge in [0.1, 0.15) is 6.61 Å². The minimum atomic E-state index is 0.533. The highest BCUT2D eigenvalue weighted by atomic mass is 35.5. The third-order valence-electron chi connectivity index (χ3n) is 2.84. The van der Waals surface area contributed by atoms with Gasteiger partial charge in [0.2, 0.25) is 0 Å². The van der Waals surface area contributed by atoms with Crippen molar-refractivity contribution in [2.24, 2.45) is 0 Å². The van der Waals surface area contributed by atoms with E-state index in [1.807, 2.05) is 23.9 Å². The maximum absolute atomic E-state index is 6.08. The van der Waals surface area contributed by atoms with Crippen molar-refractivity contribution in [3.8, 4) is 11.5 Å². The molecule has 108 valence electrons. The molecule has 0 aliphatic heterocycles. The summed E-state index contributed by atoms with van der Waals surface area (Å²) in [6.45, 7) is 1.92. The second-order valence-electron chi connectivity index (χ2n) is 4.28. The Bertz CT molecular complexity index is 544. The predicted octanol–water partition coefficient (Wildman–Crippen LogP) is 2.34. The van der Waals surface area contributed by atoms with E-state index in [-0.39, 0.29) is 0 Å². The van der Waals surface area contributed by atoms with Crippen molar-refractivity contribution in [2.75, 3.05) is 20.8 Å². The molecular weight excluding hydrogens is 278 g/mol. The van der Waals surface area contributed by atoms with Gasteiger partial charge in [0.05, 0.1) is 20.0 Å². The summed E-state index contributed by atoms with van der Waals surface area (Å²) in [7, 11) is 3.49. The summed E-state index contributed by atoms with van der Waals surface area (Å²) < 4.78 is 13.2. The fraction of sp³-hybridized carbons (Fsp3) is 0.357. The first-order valence-electron chi connectivity index (χ1n) is 6.34. The molecule has 0 unspecified atom stereocenters. The number of aromatic nitrogens is 2. The summed E-state index contributed by atoms with van der Waals surface area (Å²) in [5.41, 5.74) is 0.975. The number of rotatable bonds is 7. The summed E-state index contributed by atoms with van der Waals surface area (Å²) in [5.74, 6) is 1.37. The minimum Gasteiger partial charge on any atom is -0.493 e. The van der Waals surface area contributed by atoms with E-state index in [4.69, 9.17) is 21.1 Å². The second-order valence-corrected chi connectivity index (χ2v) is 4.71. The highest BCUT2D eigenvalue weighted by molar-refractivity contribution is 6.30. The number of imidazole rings is 1. The van der Waals surface area contributed by atoms with Crippen LogP contribution in [-0.2, 0) is 13.1 Å². The van der Waals surface area contributed by atoms with E-state index in [0.717, 1.165) is 17.9 Å². The highest BCUT2D eigenvalue weighted by Gasteiger charge is 2.12. The van der Waals surface area contributed by atoms with Gasteiger partial charge in [-0.3, -0.25) is 0 Å². The van der Waals surface area contributed by atoms with Crippen molar-refractivity contribution in [2.45, 2.75) is 13.1 Å². The van der Waals surface area contributed by atoms with Gasteiger partial charge in [-0.05, 0) is 13.1 Å². The summed E-state index contributed by atoms with van der Waals surface area (Å²) >= 11 is 6.08. The zero-order chi connectivity index (χ0) is 14.4. The van der Waals surface area contributed by atoms with E-state index in [1.54, 1.807) is 25.7 Å². The van der Waals surface area contributed by atoms with Crippen LogP contribution in [0.5, 0.6) is 11.5 Å². The molecule has 0 amide bonds. The maximum Gasteiger partial charge on any atom is 0.165 e. The molecule has 0 spiro atoms. The fourth-order valence-electron chi connectivity index (χ4n) is 1.93. The first kappa shape index (κ1) is 14.7. The van der Waals surface area contributed by atoms with Gasteiger partial charge in [-0.2, -0.15) is 0 Å². The Balaban J connectivity index is 2.11. The Morgan fingerprint density at radius 1 is 1.40 bits per heavy atom. The molecule has 0 aliphatic rings. The van der Waals surface area contributed by atoms with Gasteiger partial charge in [-0.25, -0.2) is 4.98 Å². The molecule has 0 radical (unpaired) electrons. The van der Waals surface area contributed by atoms with Crippen LogP contribution in [0.25, 0.3) is 0 Å². The zero-order valence-electron chi connectivity index (χ0n) is 11.6. The van der Waals surface area contributed by atoms with Crippen LogP contribution in [0, 0.1) is 0 Å². The molecule has 0 saturated carbocycles. The number of nitrogens with one attached hydrogen (secondary N) is 1. The van der Waals surface area contributed by atoms with E-state index < -0.39 is 0 Å². The molecule has 0 bridgehead atoms. The lowest BCUT2D eigenvalue weighted by molar-refractivity contribution is 0.276. The van der Waals surface area contributed by atoms with E-state index in [0.29, 0.717) is 23.9 Å². The van der Waals surface area contributed by atoms with Crippen LogP contribution < -0.4 is 14.8 Å². The van der Waals surface area contributed by atoms with Gasteiger partial charge >= 0.3 is 0 Å². The maximum atomic E-state index is 6.08. The quantitative estimate of drug-likeness (QED) is 0.852. The fourth-order valence-corrected chi connectivity index (χ4v) is 2.16. The van der Waals surface area contributed by atoms with E-state index >= 15 is 0 Å². The number of hydrogen-bond donors (Lipinski definition) is 1. The third-order valence-corrected chi connectivity index (χ3v) is 3.06. The first-order chi connectivity index (χ1) is 9.74. The molecule has 0 aliphatic carbocycles. The number of halogens is 1. The highest BCUT2D eigenvalue weighted by Crippen LogP contribution is 2.34. The largest absolute Gasteiger partial charge is 0.493 e. The summed E-state index contributed by atoms with van der Waals surface area (Å²) in [5, 5.41) is 3.73. The molecular formula is C14H18ClN3O2. The first-order valence-corrected chi connectivity index (χ1v) is 6.72. The molecule has 0 atom stereocenters. The van der Waals surface area contributed by atoms with Crippen LogP contribution in [0.1, 0.15) is 5.56 Å². The molecule has 1 N–H and O–H groups in total. The monoisotopic (exact) mass is 295 g/mol. The molecule has 6 heteroatoms. The van der Waals surface area contributed by atoms with Gasteiger partial charge in [-0.1, -0.05) is 11.6 Å². The van der Waals surface area contributed by atoms with E-state index in [1.165, 1.54) is 0 Å². The summed E-state index contributed by atoms with van der Waals surface area (Å²) in [4.78, 5) is 4.00. The van der Waals surface area contributed by atoms with Crippen LogP contribution in [0.4, 0.5) is 0 Å². The average Bonchev–Trinajstić information content (AvgIpc) is 2.94. The van der Waals surface area contributed by atoms with E-state index in [9.17, 15) is 0 Å². The third kappa shape index (κ3) is 3.65. The zero-order valence-corrected chi connectivity index (χ0v) is 12.4. The van der Waals surface area contributed by atoms with E-state index in [2.05, 4.69) is 10.3 Å². The number of hydrogen-bond acceptors (Lipinski definition) is 4. The number of methoxy groups -OCH3 is 1. The standard InChI is InChI=1S/C14H18ClN3O2/c1-16-9-11-7-12(15)8-13(19-2)14(11)20-6-5-18-4-3-17-10-18/h3-4,7-8,10,16H,5-6,9H2,1-2H3. The van der Waals surface area contributed by atoms with Crippen molar-refractivity contribution in [1.29, 1.82) is 0 Å². The number of nitrogens with zero attached hydrogens (tertiary/aromatic N) is 2. The van der Waals surface area contributed by atoms with Gasteiger partial charge in [-0.15, -0.1) is 0 Å². The molecule has 0 fully saturated rings. The normalized spacial score (nSPS) is 10.6. The molecule has 2 rings (SSSR count). The summed E-state index contributed by atoms with van der Waals surface area (Å²) in [6, 6.07) is 3.64. The van der Waals surface area contributed by atoms with Gasteiger partial charge < -0.3 is 19.4 Å². The lowest BCUT2D eigenvalue weighted by atomic mass is 10.2. The van der Waals surface area contributed by atoms with Gasteiger partial charge in [0, 0.05) is 35.6 Å². The molecule has 1 aromatic carbocycles. The van der Waals surface area contributed by atoms with Crippen LogP contribution in [0.3, 0.4) is 0 Å². The van der Waals surface area contributed by atoms with Crippen molar-refractivity contribution in [3.05, 3.63) is 41.4 Å². The van der Waals surface area contributed by atoms with Crippen LogP contribution in [-0.4, -0.2) is 30.3 Å². The smallest absolute Gasteiger partial charge is 0.165 e. The minimum absolute atomic E-state index is 0.533. The van der Waals surface area contributed by atoms with Crippen molar-refractivity contribution < 1.29 is 9.47 Å². The van der Waals surface area contributed by atoms with Gasteiger partial charge in [0.15, 0.2) is 11.5 Å². The van der Waals surface area contributed by atoms with Crippen LogP contribution >= 0.6 is 11.6 Å². The SMILES string of the molecule is CNCc1cc(Cl)cc(OC)c1OCCn1ccnc1. The number of ether oxygens (including phenoxy) is 2. The lowest BCUT2D eigenvalue weighted by Crippen LogP contribution is -2.11. The Morgan fingerprint density at radius 3 is 2.90 bits per heavy atom. The summed E-state index contributed by atoms with van der Waals surface area (Å²) in [6.07, 6.45) is 5.41. The Hall–Kier alpha value is -1.72. The van der Waals surface area contributed by atoms with Crippen molar-refractivity contribution >= 4 is 11.6 Å². The van der Waals surface area contributed by atoms with Crippen LogP contribution in [0.2, 0.25) is 5.02 Å². The molecule has 2 aromatic rings. The number of benzene rings is 1. The van der Waals surface area contributed by atoms with Gasteiger partial charge in [0.25, 0.3) is 0 Å².